The van der Waals surface area contributed by atoms with Crippen molar-refractivity contribution in [3.05, 3.63) is 64.1 Å². The lowest BCUT2D eigenvalue weighted by Gasteiger charge is -2.36. The van der Waals surface area contributed by atoms with Crippen molar-refractivity contribution in [2.45, 2.75) is 12.5 Å². The molecule has 1 fully saturated rings. The minimum Gasteiger partial charge on any atom is -0.507 e. The second kappa shape index (κ2) is 5.69. The Morgan fingerprint density at radius 3 is 2.71 bits per heavy atom. The number of phenolic OH excluding ortho intramolecular Hbond substituents is 1. The predicted octanol–water partition coefficient (Wildman–Crippen LogP) is 3.46. The van der Waals surface area contributed by atoms with Crippen LogP contribution in [0.25, 0.3) is 0 Å². The SMILES string of the molecule is O=C1C[C@H](c2ccccc2)N1/N=C\c1cc(Br)ccc1O. The van der Waals surface area contributed by atoms with Gasteiger partial charge in [0, 0.05) is 10.0 Å². The molecule has 1 N–H and O–H groups in total. The molecule has 2 aromatic rings. The van der Waals surface area contributed by atoms with Gasteiger partial charge in [0.2, 0.25) is 5.91 Å². The highest BCUT2D eigenvalue weighted by atomic mass is 79.9. The van der Waals surface area contributed by atoms with Crippen LogP contribution in [0.3, 0.4) is 0 Å². The first kappa shape index (κ1) is 13.8. The standard InChI is InChI=1S/C16H13BrN2O2/c17-13-6-7-15(20)12(8-13)10-18-19-14(9-16(19)21)11-4-2-1-3-5-11/h1-8,10,14,20H,9H2/b18-10-/t14-/m1/s1. The zero-order chi connectivity index (χ0) is 14.8. The number of β-lactam (4-membered cyclic amide) rings is 1. The van der Waals surface area contributed by atoms with Crippen LogP contribution in [0.15, 0.2) is 58.1 Å². The van der Waals surface area contributed by atoms with E-state index < -0.39 is 0 Å². The molecule has 21 heavy (non-hydrogen) atoms. The fourth-order valence-electron chi connectivity index (χ4n) is 2.24. The van der Waals surface area contributed by atoms with E-state index in [4.69, 9.17) is 0 Å². The molecule has 0 spiro atoms. The molecule has 3 rings (SSSR count). The number of hydrazone groups is 1. The minimum atomic E-state index is -0.0238. The van der Waals surface area contributed by atoms with Gasteiger partial charge >= 0.3 is 0 Å². The van der Waals surface area contributed by atoms with Crippen molar-refractivity contribution in [1.82, 2.24) is 5.01 Å². The Morgan fingerprint density at radius 2 is 2.00 bits per heavy atom. The summed E-state index contributed by atoms with van der Waals surface area (Å²) in [4.78, 5) is 11.7. The third-order valence-electron chi connectivity index (χ3n) is 3.41. The third-order valence-corrected chi connectivity index (χ3v) is 3.91. The molecule has 1 aliphatic rings. The zero-order valence-electron chi connectivity index (χ0n) is 11.1. The summed E-state index contributed by atoms with van der Waals surface area (Å²) in [5, 5.41) is 15.4. The molecule has 1 heterocycles. The first-order valence-electron chi connectivity index (χ1n) is 6.54. The van der Waals surface area contributed by atoms with Crippen molar-refractivity contribution in [2.24, 2.45) is 5.10 Å². The molecular weight excluding hydrogens is 332 g/mol. The van der Waals surface area contributed by atoms with Gasteiger partial charge in [-0.25, -0.2) is 5.01 Å². The molecule has 1 aliphatic heterocycles. The Labute approximate surface area is 130 Å². The van der Waals surface area contributed by atoms with Gasteiger partial charge in [0.1, 0.15) is 5.75 Å². The Bertz CT molecular complexity index is 701. The number of amides is 1. The highest BCUT2D eigenvalue weighted by Gasteiger charge is 2.37. The molecule has 0 saturated carbocycles. The lowest BCUT2D eigenvalue weighted by atomic mass is 9.96. The number of rotatable bonds is 3. The normalized spacial score (nSPS) is 18.0. The first-order valence-corrected chi connectivity index (χ1v) is 7.34. The molecule has 1 amide bonds. The molecule has 106 valence electrons. The summed E-state index contributed by atoms with van der Waals surface area (Å²) < 4.78 is 0.844. The van der Waals surface area contributed by atoms with Crippen LogP contribution in [0, 0.1) is 0 Å². The number of carbonyl (C=O) groups is 1. The van der Waals surface area contributed by atoms with E-state index in [1.165, 1.54) is 11.2 Å². The summed E-state index contributed by atoms with van der Waals surface area (Å²) >= 11 is 3.34. The summed E-state index contributed by atoms with van der Waals surface area (Å²) in [5.41, 5.74) is 1.63. The first-order chi connectivity index (χ1) is 10.1. The van der Waals surface area contributed by atoms with Gasteiger partial charge in [-0.2, -0.15) is 5.10 Å². The number of aromatic hydroxyl groups is 1. The van der Waals surface area contributed by atoms with Gasteiger partial charge in [-0.3, -0.25) is 4.79 Å². The fraction of sp³-hybridized carbons (Fsp3) is 0.125. The topological polar surface area (TPSA) is 52.9 Å². The van der Waals surface area contributed by atoms with Crippen LogP contribution in [-0.4, -0.2) is 22.2 Å². The van der Waals surface area contributed by atoms with Crippen molar-refractivity contribution in [2.75, 3.05) is 0 Å². The van der Waals surface area contributed by atoms with Gasteiger partial charge in [-0.15, -0.1) is 0 Å². The summed E-state index contributed by atoms with van der Waals surface area (Å²) in [6.07, 6.45) is 1.97. The quantitative estimate of drug-likeness (QED) is 0.684. The summed E-state index contributed by atoms with van der Waals surface area (Å²) in [7, 11) is 0. The molecule has 0 aromatic heterocycles. The van der Waals surface area contributed by atoms with Crippen LogP contribution in [0.2, 0.25) is 0 Å². The Morgan fingerprint density at radius 1 is 1.24 bits per heavy atom. The van der Waals surface area contributed by atoms with Crippen molar-refractivity contribution in [3.8, 4) is 5.75 Å². The number of benzene rings is 2. The summed E-state index contributed by atoms with van der Waals surface area (Å²) in [6.45, 7) is 0. The number of hydrogen-bond donors (Lipinski definition) is 1. The largest absolute Gasteiger partial charge is 0.507 e. The second-order valence-electron chi connectivity index (χ2n) is 4.82. The van der Waals surface area contributed by atoms with Crippen LogP contribution in [0.4, 0.5) is 0 Å². The van der Waals surface area contributed by atoms with E-state index in [1.54, 1.807) is 18.2 Å². The average molecular weight is 345 g/mol. The maximum Gasteiger partial charge on any atom is 0.245 e. The minimum absolute atomic E-state index is 0.0189. The molecule has 4 nitrogen and oxygen atoms in total. The highest BCUT2D eigenvalue weighted by molar-refractivity contribution is 9.10. The maximum absolute atomic E-state index is 11.7. The van der Waals surface area contributed by atoms with Crippen LogP contribution >= 0.6 is 15.9 Å². The van der Waals surface area contributed by atoms with Gasteiger partial charge in [0.25, 0.3) is 0 Å². The van der Waals surface area contributed by atoms with E-state index in [0.717, 1.165) is 10.0 Å². The summed E-state index contributed by atoms with van der Waals surface area (Å²) in [5.74, 6) is 0.112. The van der Waals surface area contributed by atoms with E-state index in [-0.39, 0.29) is 17.7 Å². The average Bonchev–Trinajstić information content (AvgIpc) is 2.49. The van der Waals surface area contributed by atoms with E-state index in [1.807, 2.05) is 30.3 Å². The molecule has 1 atom stereocenters. The van der Waals surface area contributed by atoms with Crippen molar-refractivity contribution >= 4 is 28.1 Å². The number of phenols is 1. The lowest BCUT2D eigenvalue weighted by Crippen LogP contribution is -2.42. The monoisotopic (exact) mass is 344 g/mol. The lowest BCUT2D eigenvalue weighted by molar-refractivity contribution is -0.146. The fourth-order valence-corrected chi connectivity index (χ4v) is 2.62. The van der Waals surface area contributed by atoms with Crippen molar-refractivity contribution < 1.29 is 9.90 Å². The highest BCUT2D eigenvalue weighted by Crippen LogP contribution is 2.34. The Hall–Kier alpha value is -2.14. The molecular formula is C16H13BrN2O2. The number of hydrogen-bond acceptors (Lipinski definition) is 3. The molecule has 5 heteroatoms. The van der Waals surface area contributed by atoms with Gasteiger partial charge in [-0.1, -0.05) is 46.3 Å². The molecule has 1 saturated heterocycles. The van der Waals surface area contributed by atoms with Crippen LogP contribution in [-0.2, 0) is 4.79 Å². The Kier molecular flexibility index (Phi) is 3.75. The predicted molar refractivity (Wildman–Crippen MR) is 84.0 cm³/mol. The molecule has 2 aromatic carbocycles. The van der Waals surface area contributed by atoms with E-state index >= 15 is 0 Å². The zero-order valence-corrected chi connectivity index (χ0v) is 12.7. The molecule has 0 radical (unpaired) electrons. The van der Waals surface area contributed by atoms with E-state index in [0.29, 0.717) is 12.0 Å². The van der Waals surface area contributed by atoms with Gasteiger partial charge in [0.05, 0.1) is 18.7 Å². The van der Waals surface area contributed by atoms with E-state index in [2.05, 4.69) is 21.0 Å². The van der Waals surface area contributed by atoms with Gasteiger partial charge in [0.15, 0.2) is 0 Å². The molecule has 0 unspecified atom stereocenters. The van der Waals surface area contributed by atoms with Gasteiger partial charge < -0.3 is 5.11 Å². The molecule has 0 bridgehead atoms. The van der Waals surface area contributed by atoms with Crippen molar-refractivity contribution in [3.63, 3.8) is 0 Å². The second-order valence-corrected chi connectivity index (χ2v) is 5.73. The third kappa shape index (κ3) is 2.83. The number of carbonyl (C=O) groups excluding carboxylic acids is 1. The van der Waals surface area contributed by atoms with Crippen LogP contribution in [0.1, 0.15) is 23.6 Å². The van der Waals surface area contributed by atoms with Gasteiger partial charge in [-0.05, 0) is 23.8 Å². The van der Waals surface area contributed by atoms with Crippen LogP contribution in [0.5, 0.6) is 5.75 Å². The smallest absolute Gasteiger partial charge is 0.245 e. The number of halogens is 1. The van der Waals surface area contributed by atoms with Crippen molar-refractivity contribution in [1.29, 1.82) is 0 Å². The van der Waals surface area contributed by atoms with E-state index in [9.17, 15) is 9.90 Å². The Balaban J connectivity index is 1.81. The number of nitrogens with zero attached hydrogens (tertiary/aromatic N) is 2. The summed E-state index contributed by atoms with van der Waals surface area (Å²) in [6, 6.07) is 14.8. The van der Waals surface area contributed by atoms with Crippen LogP contribution < -0.4 is 0 Å². The maximum atomic E-state index is 11.7. The molecule has 0 aliphatic carbocycles.